The number of amides is 1. The Hall–Kier alpha value is -2.29. The topological polar surface area (TPSA) is 41.1 Å². The summed E-state index contributed by atoms with van der Waals surface area (Å²) in [6.45, 7) is 0. The van der Waals surface area contributed by atoms with Gasteiger partial charge in [0.05, 0.1) is 5.41 Å². The quantitative estimate of drug-likeness (QED) is 0.888. The average molecular weight is 320 g/mol. The molecule has 3 nitrogen and oxygen atoms in total. The van der Waals surface area contributed by atoms with Crippen molar-refractivity contribution in [2.24, 2.45) is 0 Å². The lowest BCUT2D eigenvalue weighted by atomic mass is 9.94. The summed E-state index contributed by atoms with van der Waals surface area (Å²) in [7, 11) is 0. The van der Waals surface area contributed by atoms with E-state index in [1.165, 1.54) is 18.4 Å². The lowest BCUT2D eigenvalue weighted by Crippen LogP contribution is -2.48. The van der Waals surface area contributed by atoms with Gasteiger partial charge in [0.15, 0.2) is 0 Å². The van der Waals surface area contributed by atoms with Gasteiger partial charge < -0.3 is 10.6 Å². The fraction of sp³-hybridized carbons (Fsp3) is 0.381. The Kier molecular flexibility index (Phi) is 4.01. The molecule has 0 spiro atoms. The van der Waals surface area contributed by atoms with Gasteiger partial charge in [0.2, 0.25) is 5.91 Å². The van der Waals surface area contributed by atoms with Crippen LogP contribution in [0.15, 0.2) is 65.9 Å². The second-order valence-corrected chi connectivity index (χ2v) is 6.98. The molecule has 3 heteroatoms. The number of dihydropyridines is 1. The maximum Gasteiger partial charge on any atom is 0.232 e. The minimum atomic E-state index is -0.317. The predicted octanol–water partition coefficient (Wildman–Crippen LogP) is 3.70. The summed E-state index contributed by atoms with van der Waals surface area (Å²) in [5, 5.41) is 6.66. The third kappa shape index (κ3) is 2.91. The molecule has 4 rings (SSSR count). The normalized spacial score (nSPS) is 24.4. The molecule has 0 bridgehead atoms. The molecule has 124 valence electrons. The summed E-state index contributed by atoms with van der Waals surface area (Å²) in [5.41, 5.74) is 3.36. The van der Waals surface area contributed by atoms with Gasteiger partial charge in [-0.05, 0) is 61.8 Å². The van der Waals surface area contributed by atoms with E-state index in [2.05, 4.69) is 34.9 Å². The lowest BCUT2D eigenvalue weighted by Gasteiger charge is -2.27. The van der Waals surface area contributed by atoms with E-state index >= 15 is 0 Å². The van der Waals surface area contributed by atoms with Crippen molar-refractivity contribution in [1.29, 1.82) is 0 Å². The monoisotopic (exact) mass is 320 g/mol. The SMILES string of the molecule is O=C(NC1C=CC=C(C2=CCCCC2)N1)C1(c2ccccc2)CC1. The molecule has 1 saturated carbocycles. The predicted molar refractivity (Wildman–Crippen MR) is 96.2 cm³/mol. The molecule has 1 fully saturated rings. The van der Waals surface area contributed by atoms with Gasteiger partial charge in [-0.15, -0.1) is 0 Å². The van der Waals surface area contributed by atoms with Gasteiger partial charge in [0.25, 0.3) is 0 Å². The number of hydrogen-bond donors (Lipinski definition) is 2. The van der Waals surface area contributed by atoms with Gasteiger partial charge in [-0.25, -0.2) is 0 Å². The molecular formula is C21H24N2O. The first-order valence-corrected chi connectivity index (χ1v) is 8.99. The molecule has 2 aliphatic carbocycles. The van der Waals surface area contributed by atoms with Crippen LogP contribution < -0.4 is 10.6 Å². The molecule has 1 aromatic carbocycles. The molecule has 1 aromatic rings. The highest BCUT2D eigenvalue weighted by atomic mass is 16.2. The Morgan fingerprint density at radius 1 is 1.17 bits per heavy atom. The van der Waals surface area contributed by atoms with E-state index in [9.17, 15) is 4.79 Å². The Morgan fingerprint density at radius 3 is 2.71 bits per heavy atom. The number of carbonyl (C=O) groups excluding carboxylic acids is 1. The van der Waals surface area contributed by atoms with E-state index in [-0.39, 0.29) is 17.5 Å². The van der Waals surface area contributed by atoms with Crippen LogP contribution in [-0.4, -0.2) is 12.1 Å². The first-order chi connectivity index (χ1) is 11.8. The zero-order chi connectivity index (χ0) is 16.4. The van der Waals surface area contributed by atoms with Gasteiger partial charge in [-0.3, -0.25) is 4.79 Å². The molecule has 1 aliphatic heterocycles. The Bertz CT molecular complexity index is 711. The minimum absolute atomic E-state index is 0.124. The second kappa shape index (κ2) is 6.31. The first-order valence-electron chi connectivity index (χ1n) is 8.99. The molecule has 1 heterocycles. The van der Waals surface area contributed by atoms with Crippen LogP contribution >= 0.6 is 0 Å². The van der Waals surface area contributed by atoms with Crippen molar-refractivity contribution in [3.63, 3.8) is 0 Å². The third-order valence-corrected chi connectivity index (χ3v) is 5.31. The maximum absolute atomic E-state index is 12.9. The van der Waals surface area contributed by atoms with Crippen LogP contribution in [0.25, 0.3) is 0 Å². The van der Waals surface area contributed by atoms with Crippen LogP contribution in [0, 0.1) is 0 Å². The fourth-order valence-electron chi connectivity index (χ4n) is 3.70. The first kappa shape index (κ1) is 15.3. The van der Waals surface area contributed by atoms with Crippen molar-refractivity contribution in [3.05, 3.63) is 71.5 Å². The van der Waals surface area contributed by atoms with Gasteiger partial charge in [0.1, 0.15) is 6.17 Å². The summed E-state index contributed by atoms with van der Waals surface area (Å²) in [5.74, 6) is 0.134. The van der Waals surface area contributed by atoms with Crippen molar-refractivity contribution < 1.29 is 4.79 Å². The van der Waals surface area contributed by atoms with Crippen LogP contribution in [-0.2, 0) is 10.2 Å². The number of hydrogen-bond acceptors (Lipinski definition) is 2. The number of allylic oxidation sites excluding steroid dienone is 4. The molecule has 1 amide bonds. The lowest BCUT2D eigenvalue weighted by molar-refractivity contribution is -0.124. The summed E-state index contributed by atoms with van der Waals surface area (Å²) in [6.07, 6.45) is 15.1. The van der Waals surface area contributed by atoms with E-state index < -0.39 is 0 Å². The summed E-state index contributed by atoms with van der Waals surface area (Å²) >= 11 is 0. The largest absolute Gasteiger partial charge is 0.362 e. The van der Waals surface area contributed by atoms with E-state index in [0.29, 0.717) is 0 Å². The maximum atomic E-state index is 12.9. The molecule has 1 unspecified atom stereocenters. The second-order valence-electron chi connectivity index (χ2n) is 6.98. The molecule has 1 atom stereocenters. The van der Waals surface area contributed by atoms with Crippen molar-refractivity contribution in [2.45, 2.75) is 50.1 Å². The third-order valence-electron chi connectivity index (χ3n) is 5.31. The van der Waals surface area contributed by atoms with Crippen molar-refractivity contribution in [2.75, 3.05) is 0 Å². The molecular weight excluding hydrogens is 296 g/mol. The van der Waals surface area contributed by atoms with E-state index in [4.69, 9.17) is 0 Å². The Balaban J connectivity index is 1.43. The van der Waals surface area contributed by atoms with Crippen LogP contribution in [0.3, 0.4) is 0 Å². The average Bonchev–Trinajstić information content (AvgIpc) is 3.46. The number of nitrogens with one attached hydrogen (secondary N) is 2. The van der Waals surface area contributed by atoms with Crippen LogP contribution in [0.1, 0.15) is 44.1 Å². The zero-order valence-corrected chi connectivity index (χ0v) is 13.9. The highest BCUT2D eigenvalue weighted by molar-refractivity contribution is 5.91. The molecule has 0 aromatic heterocycles. The molecule has 2 N–H and O–H groups in total. The standard InChI is InChI=1S/C21H24N2O/c24-20(21(14-15-21)17-10-5-2-6-11-17)23-19-13-7-12-18(22-19)16-8-3-1-4-9-16/h2,5-8,10-13,19,22H,1,3-4,9,14-15H2,(H,23,24). The van der Waals surface area contributed by atoms with Crippen LogP contribution in [0.2, 0.25) is 0 Å². The minimum Gasteiger partial charge on any atom is -0.362 e. The number of rotatable bonds is 4. The van der Waals surface area contributed by atoms with E-state index in [0.717, 1.165) is 36.9 Å². The van der Waals surface area contributed by atoms with Crippen molar-refractivity contribution in [3.8, 4) is 0 Å². The Morgan fingerprint density at radius 2 is 2.00 bits per heavy atom. The molecule has 0 saturated heterocycles. The molecule has 24 heavy (non-hydrogen) atoms. The molecule has 3 aliphatic rings. The zero-order valence-electron chi connectivity index (χ0n) is 13.9. The van der Waals surface area contributed by atoms with E-state index in [1.54, 1.807) is 0 Å². The van der Waals surface area contributed by atoms with Gasteiger partial charge in [-0.2, -0.15) is 0 Å². The summed E-state index contributed by atoms with van der Waals surface area (Å²) < 4.78 is 0. The fourth-order valence-corrected chi connectivity index (χ4v) is 3.70. The van der Waals surface area contributed by atoms with Gasteiger partial charge >= 0.3 is 0 Å². The van der Waals surface area contributed by atoms with Gasteiger partial charge in [0, 0.05) is 5.70 Å². The van der Waals surface area contributed by atoms with E-state index in [1.807, 2.05) is 30.4 Å². The summed E-state index contributed by atoms with van der Waals surface area (Å²) in [6, 6.07) is 10.2. The highest BCUT2D eigenvalue weighted by Gasteiger charge is 2.51. The van der Waals surface area contributed by atoms with Crippen LogP contribution in [0.5, 0.6) is 0 Å². The van der Waals surface area contributed by atoms with Crippen molar-refractivity contribution >= 4 is 5.91 Å². The summed E-state index contributed by atoms with van der Waals surface area (Å²) in [4.78, 5) is 12.9. The Labute approximate surface area is 143 Å². The van der Waals surface area contributed by atoms with Crippen molar-refractivity contribution in [1.82, 2.24) is 10.6 Å². The smallest absolute Gasteiger partial charge is 0.232 e. The highest BCUT2D eigenvalue weighted by Crippen LogP contribution is 2.48. The number of carbonyl (C=O) groups is 1. The molecule has 0 radical (unpaired) electrons. The van der Waals surface area contributed by atoms with Crippen LogP contribution in [0.4, 0.5) is 0 Å². The van der Waals surface area contributed by atoms with Gasteiger partial charge in [-0.1, -0.05) is 42.5 Å². The number of benzene rings is 1.